The van der Waals surface area contributed by atoms with Crippen LogP contribution in [0.4, 0.5) is 5.69 Å². The summed E-state index contributed by atoms with van der Waals surface area (Å²) < 4.78 is 1.87. The summed E-state index contributed by atoms with van der Waals surface area (Å²) in [6.07, 6.45) is 0. The van der Waals surface area contributed by atoms with Gasteiger partial charge in [0.05, 0.1) is 5.69 Å². The molecule has 0 saturated heterocycles. The zero-order chi connectivity index (χ0) is 9.14. The van der Waals surface area contributed by atoms with Crippen LogP contribution in [0.5, 0.6) is 0 Å². The first-order valence-corrected chi connectivity index (χ1v) is 5.11. The largest absolute Gasteiger partial charge is 0.397 e. The van der Waals surface area contributed by atoms with Crippen LogP contribution in [0.15, 0.2) is 21.1 Å². The Hall–Kier alpha value is -0.0600. The van der Waals surface area contributed by atoms with Crippen LogP contribution >= 0.6 is 31.9 Å². The fourth-order valence-corrected chi connectivity index (χ4v) is 2.22. The summed E-state index contributed by atoms with van der Waals surface area (Å²) in [4.78, 5) is 0. The standard InChI is InChI=1S/C8H10Br2N2/c1-12-4-5-2-6(9)8(11)7(10)3-5/h2-3,12H,4,11H2,1H3. The van der Waals surface area contributed by atoms with Gasteiger partial charge in [0.1, 0.15) is 0 Å². The minimum absolute atomic E-state index is 0.745. The number of rotatable bonds is 2. The van der Waals surface area contributed by atoms with Crippen molar-refractivity contribution in [1.29, 1.82) is 0 Å². The van der Waals surface area contributed by atoms with Crippen molar-refractivity contribution >= 4 is 37.5 Å². The Bertz CT molecular complexity index is 263. The lowest BCUT2D eigenvalue weighted by atomic mass is 10.2. The van der Waals surface area contributed by atoms with Gasteiger partial charge in [0.15, 0.2) is 0 Å². The van der Waals surface area contributed by atoms with Crippen molar-refractivity contribution in [3.63, 3.8) is 0 Å². The Balaban J connectivity index is 3.04. The van der Waals surface area contributed by atoms with Crippen LogP contribution in [0, 0.1) is 0 Å². The zero-order valence-corrected chi connectivity index (χ0v) is 9.87. The van der Waals surface area contributed by atoms with Gasteiger partial charge in [-0.2, -0.15) is 0 Å². The predicted octanol–water partition coefficient (Wildman–Crippen LogP) is 2.51. The fourth-order valence-electron chi connectivity index (χ4n) is 0.943. The summed E-state index contributed by atoms with van der Waals surface area (Å²) in [6.45, 7) is 0.845. The van der Waals surface area contributed by atoms with Crippen LogP contribution in [0.1, 0.15) is 5.56 Å². The molecule has 0 amide bonds. The monoisotopic (exact) mass is 292 g/mol. The fraction of sp³-hybridized carbons (Fsp3) is 0.250. The van der Waals surface area contributed by atoms with Crippen LogP contribution in [-0.2, 0) is 6.54 Å². The first-order valence-electron chi connectivity index (χ1n) is 3.53. The molecular weight excluding hydrogens is 284 g/mol. The molecule has 3 N–H and O–H groups in total. The number of benzene rings is 1. The third kappa shape index (κ3) is 2.21. The van der Waals surface area contributed by atoms with Gasteiger partial charge < -0.3 is 11.1 Å². The van der Waals surface area contributed by atoms with E-state index in [0.717, 1.165) is 21.2 Å². The summed E-state index contributed by atoms with van der Waals surface area (Å²) in [5, 5.41) is 3.08. The highest BCUT2D eigenvalue weighted by Crippen LogP contribution is 2.29. The lowest BCUT2D eigenvalue weighted by Crippen LogP contribution is -2.05. The summed E-state index contributed by atoms with van der Waals surface area (Å²) in [7, 11) is 1.91. The van der Waals surface area contributed by atoms with Crippen molar-refractivity contribution in [2.75, 3.05) is 12.8 Å². The average molecular weight is 294 g/mol. The quantitative estimate of drug-likeness (QED) is 0.823. The second-order valence-corrected chi connectivity index (χ2v) is 4.21. The van der Waals surface area contributed by atoms with E-state index in [1.54, 1.807) is 0 Å². The topological polar surface area (TPSA) is 38.0 Å². The molecule has 1 aromatic rings. The smallest absolute Gasteiger partial charge is 0.0603 e. The third-order valence-electron chi connectivity index (χ3n) is 1.52. The SMILES string of the molecule is CNCc1cc(Br)c(N)c(Br)c1. The zero-order valence-electron chi connectivity index (χ0n) is 6.70. The second kappa shape index (κ2) is 4.25. The molecule has 2 nitrogen and oxygen atoms in total. The number of hydrogen-bond acceptors (Lipinski definition) is 2. The van der Waals surface area contributed by atoms with Gasteiger partial charge in [-0.15, -0.1) is 0 Å². The maximum Gasteiger partial charge on any atom is 0.0603 e. The molecule has 0 fully saturated rings. The van der Waals surface area contributed by atoms with Gasteiger partial charge in [0, 0.05) is 15.5 Å². The molecule has 0 aliphatic heterocycles. The number of hydrogen-bond donors (Lipinski definition) is 2. The molecule has 1 aromatic carbocycles. The van der Waals surface area contributed by atoms with Gasteiger partial charge in [0.2, 0.25) is 0 Å². The van der Waals surface area contributed by atoms with Gasteiger partial charge in [-0.05, 0) is 56.6 Å². The second-order valence-electron chi connectivity index (χ2n) is 2.50. The third-order valence-corrected chi connectivity index (χ3v) is 2.83. The molecule has 0 aliphatic rings. The van der Waals surface area contributed by atoms with E-state index in [2.05, 4.69) is 37.2 Å². The Morgan fingerprint density at radius 1 is 1.33 bits per heavy atom. The molecule has 0 aliphatic carbocycles. The molecule has 4 heteroatoms. The summed E-state index contributed by atoms with van der Waals surface area (Å²) >= 11 is 6.77. The molecule has 0 aromatic heterocycles. The Morgan fingerprint density at radius 2 is 1.83 bits per heavy atom. The van der Waals surface area contributed by atoms with E-state index in [1.165, 1.54) is 5.56 Å². The minimum atomic E-state index is 0.745. The summed E-state index contributed by atoms with van der Waals surface area (Å²) in [6, 6.07) is 4.02. The summed E-state index contributed by atoms with van der Waals surface area (Å²) in [5.74, 6) is 0. The lowest BCUT2D eigenvalue weighted by molar-refractivity contribution is 0.817. The van der Waals surface area contributed by atoms with Crippen molar-refractivity contribution in [2.45, 2.75) is 6.54 Å². The number of halogens is 2. The van der Waals surface area contributed by atoms with Crippen LogP contribution in [0.3, 0.4) is 0 Å². The van der Waals surface area contributed by atoms with Crippen LogP contribution in [-0.4, -0.2) is 7.05 Å². The summed E-state index contributed by atoms with van der Waals surface area (Å²) in [5.41, 5.74) is 7.68. The van der Waals surface area contributed by atoms with Crippen LogP contribution in [0.2, 0.25) is 0 Å². The average Bonchev–Trinajstić information content (AvgIpc) is 2.01. The van der Waals surface area contributed by atoms with Crippen molar-refractivity contribution in [1.82, 2.24) is 5.32 Å². The Morgan fingerprint density at radius 3 is 2.25 bits per heavy atom. The Kier molecular flexibility index (Phi) is 3.55. The van der Waals surface area contributed by atoms with Gasteiger partial charge in [-0.3, -0.25) is 0 Å². The first-order chi connectivity index (χ1) is 5.65. The molecule has 0 unspecified atom stereocenters. The predicted molar refractivity (Wildman–Crippen MR) is 59.0 cm³/mol. The van der Waals surface area contributed by atoms with E-state index in [1.807, 2.05) is 19.2 Å². The van der Waals surface area contributed by atoms with Gasteiger partial charge in [-0.25, -0.2) is 0 Å². The maximum absolute atomic E-state index is 5.73. The number of nitrogen functional groups attached to an aromatic ring is 1. The molecule has 12 heavy (non-hydrogen) atoms. The highest BCUT2D eigenvalue weighted by Gasteiger charge is 2.02. The van der Waals surface area contributed by atoms with Crippen molar-refractivity contribution in [2.24, 2.45) is 0 Å². The molecule has 1 rings (SSSR count). The molecule has 0 bridgehead atoms. The number of nitrogens with two attached hydrogens (primary N) is 1. The molecule has 0 saturated carbocycles. The van der Waals surface area contributed by atoms with E-state index in [4.69, 9.17) is 5.73 Å². The van der Waals surface area contributed by atoms with E-state index in [9.17, 15) is 0 Å². The number of nitrogens with one attached hydrogen (secondary N) is 1. The van der Waals surface area contributed by atoms with Crippen LogP contribution in [0.25, 0.3) is 0 Å². The van der Waals surface area contributed by atoms with Gasteiger partial charge >= 0.3 is 0 Å². The van der Waals surface area contributed by atoms with E-state index >= 15 is 0 Å². The highest BCUT2D eigenvalue weighted by atomic mass is 79.9. The molecule has 0 atom stereocenters. The Labute approximate surface area is 88.8 Å². The van der Waals surface area contributed by atoms with Crippen molar-refractivity contribution < 1.29 is 0 Å². The van der Waals surface area contributed by atoms with Gasteiger partial charge in [-0.1, -0.05) is 0 Å². The number of anilines is 1. The molecule has 0 radical (unpaired) electrons. The lowest BCUT2D eigenvalue weighted by Gasteiger charge is -2.05. The van der Waals surface area contributed by atoms with Crippen molar-refractivity contribution in [3.8, 4) is 0 Å². The first kappa shape index (κ1) is 10.0. The van der Waals surface area contributed by atoms with E-state index in [-0.39, 0.29) is 0 Å². The van der Waals surface area contributed by atoms with Gasteiger partial charge in [0.25, 0.3) is 0 Å². The normalized spacial score (nSPS) is 10.2. The van der Waals surface area contributed by atoms with E-state index < -0.39 is 0 Å². The highest BCUT2D eigenvalue weighted by molar-refractivity contribution is 9.11. The maximum atomic E-state index is 5.73. The van der Waals surface area contributed by atoms with Crippen molar-refractivity contribution in [3.05, 3.63) is 26.6 Å². The molecular formula is C8H10Br2N2. The molecule has 66 valence electrons. The van der Waals surface area contributed by atoms with E-state index in [0.29, 0.717) is 0 Å². The molecule has 0 spiro atoms. The van der Waals surface area contributed by atoms with Crippen LogP contribution < -0.4 is 11.1 Å². The minimum Gasteiger partial charge on any atom is -0.397 e. The molecule has 0 heterocycles.